The second-order valence-corrected chi connectivity index (χ2v) is 5.13. The molecule has 0 saturated carbocycles. The van der Waals surface area contributed by atoms with Gasteiger partial charge in [0.25, 0.3) is 0 Å². The number of rotatable bonds is 4. The number of ether oxygens (including phenoxy) is 1. The van der Waals surface area contributed by atoms with E-state index < -0.39 is 0 Å². The van der Waals surface area contributed by atoms with Gasteiger partial charge in [-0.3, -0.25) is 0 Å². The molecule has 0 saturated heterocycles. The Kier molecular flexibility index (Phi) is 4.06. The van der Waals surface area contributed by atoms with Gasteiger partial charge in [0.15, 0.2) is 0 Å². The van der Waals surface area contributed by atoms with Crippen molar-refractivity contribution < 1.29 is 4.74 Å². The van der Waals surface area contributed by atoms with Gasteiger partial charge in [-0.1, -0.05) is 18.2 Å². The number of fused-ring (bicyclic) bond motifs is 1. The molecule has 0 radical (unpaired) electrons. The highest BCUT2D eigenvalue weighted by molar-refractivity contribution is 5.56. The van der Waals surface area contributed by atoms with E-state index in [9.17, 15) is 0 Å². The van der Waals surface area contributed by atoms with E-state index in [0.717, 1.165) is 13.2 Å². The maximum absolute atomic E-state index is 5.67. The maximum Gasteiger partial charge on any atom is 0.0645 e. The van der Waals surface area contributed by atoms with Crippen LogP contribution in [-0.4, -0.2) is 25.3 Å². The summed E-state index contributed by atoms with van der Waals surface area (Å²) < 4.78 is 5.67. The smallest absolute Gasteiger partial charge is 0.0645 e. The number of para-hydroxylation sites is 1. The molecule has 0 aliphatic carbocycles. The van der Waals surface area contributed by atoms with E-state index in [-0.39, 0.29) is 0 Å². The molecule has 0 aromatic heterocycles. The van der Waals surface area contributed by atoms with Crippen LogP contribution in [0.4, 0.5) is 5.69 Å². The molecular weight excluding hydrogens is 210 g/mol. The van der Waals surface area contributed by atoms with Gasteiger partial charge in [0.2, 0.25) is 0 Å². The van der Waals surface area contributed by atoms with Gasteiger partial charge in [-0.2, -0.15) is 0 Å². The number of hydrogen-bond donors (Lipinski definition) is 0. The van der Waals surface area contributed by atoms with Gasteiger partial charge in [0.05, 0.1) is 12.7 Å². The molecule has 1 heterocycles. The Bertz CT molecular complexity index is 362. The number of aryl methyl sites for hydroxylation is 1. The maximum atomic E-state index is 5.67. The number of anilines is 1. The minimum absolute atomic E-state index is 0.324. The molecule has 0 bridgehead atoms. The van der Waals surface area contributed by atoms with E-state index in [1.165, 1.54) is 24.1 Å². The Morgan fingerprint density at radius 2 is 2.12 bits per heavy atom. The first-order valence-electron chi connectivity index (χ1n) is 6.64. The zero-order chi connectivity index (χ0) is 12.3. The van der Waals surface area contributed by atoms with E-state index >= 15 is 0 Å². The predicted molar refractivity (Wildman–Crippen MR) is 72.7 cm³/mol. The molecule has 0 N–H and O–H groups in total. The van der Waals surface area contributed by atoms with Gasteiger partial charge < -0.3 is 9.64 Å². The molecule has 0 spiro atoms. The van der Waals surface area contributed by atoms with Crippen LogP contribution in [-0.2, 0) is 11.2 Å². The van der Waals surface area contributed by atoms with Crippen molar-refractivity contribution in [3.8, 4) is 0 Å². The highest BCUT2D eigenvalue weighted by atomic mass is 16.5. The highest BCUT2D eigenvalue weighted by Gasteiger charge is 2.22. The fraction of sp³-hybridized carbons (Fsp3) is 0.600. The second-order valence-electron chi connectivity index (χ2n) is 5.13. The third-order valence-electron chi connectivity index (χ3n) is 3.45. The van der Waals surface area contributed by atoms with E-state index in [1.54, 1.807) is 0 Å². The lowest BCUT2D eigenvalue weighted by Gasteiger charge is -2.37. The van der Waals surface area contributed by atoms with Crippen molar-refractivity contribution in [2.24, 2.45) is 0 Å². The van der Waals surface area contributed by atoms with Gasteiger partial charge in [0, 0.05) is 18.3 Å². The molecule has 0 fully saturated rings. The largest absolute Gasteiger partial charge is 0.377 e. The van der Waals surface area contributed by atoms with Crippen molar-refractivity contribution in [2.75, 3.05) is 18.1 Å². The third-order valence-corrected chi connectivity index (χ3v) is 3.45. The lowest BCUT2D eigenvalue weighted by atomic mass is 9.97. The van der Waals surface area contributed by atoms with Crippen LogP contribution in [0.25, 0.3) is 0 Å². The summed E-state index contributed by atoms with van der Waals surface area (Å²) in [7, 11) is 0. The standard InChI is InChI=1S/C15H23NO/c1-12(2)17-11-10-16-13(3)8-9-14-6-4-5-7-15(14)16/h4-7,12-13H,8-11H2,1-3H3. The van der Waals surface area contributed by atoms with Gasteiger partial charge in [-0.05, 0) is 45.2 Å². The molecule has 0 amide bonds. The van der Waals surface area contributed by atoms with Crippen molar-refractivity contribution in [3.63, 3.8) is 0 Å². The van der Waals surface area contributed by atoms with E-state index in [4.69, 9.17) is 4.74 Å². The molecule has 2 nitrogen and oxygen atoms in total. The summed E-state index contributed by atoms with van der Waals surface area (Å²) in [5.74, 6) is 0. The van der Waals surface area contributed by atoms with Crippen LogP contribution in [0.15, 0.2) is 24.3 Å². The Hall–Kier alpha value is -1.02. The monoisotopic (exact) mass is 233 g/mol. The first kappa shape index (κ1) is 12.4. The van der Waals surface area contributed by atoms with Crippen molar-refractivity contribution >= 4 is 5.69 Å². The van der Waals surface area contributed by atoms with E-state index in [0.29, 0.717) is 12.1 Å². The van der Waals surface area contributed by atoms with Crippen LogP contribution in [0.2, 0.25) is 0 Å². The normalized spacial score (nSPS) is 19.5. The van der Waals surface area contributed by atoms with E-state index in [2.05, 4.69) is 49.9 Å². The van der Waals surface area contributed by atoms with E-state index in [1.807, 2.05) is 0 Å². The lowest BCUT2D eigenvalue weighted by Crippen LogP contribution is -2.39. The topological polar surface area (TPSA) is 12.5 Å². The summed E-state index contributed by atoms with van der Waals surface area (Å²) in [4.78, 5) is 2.49. The van der Waals surface area contributed by atoms with Crippen LogP contribution in [0, 0.1) is 0 Å². The number of nitrogens with zero attached hydrogens (tertiary/aromatic N) is 1. The van der Waals surface area contributed by atoms with Gasteiger partial charge >= 0.3 is 0 Å². The fourth-order valence-electron chi connectivity index (χ4n) is 2.49. The van der Waals surface area contributed by atoms with Crippen LogP contribution >= 0.6 is 0 Å². The van der Waals surface area contributed by atoms with Gasteiger partial charge in [0.1, 0.15) is 0 Å². The first-order chi connectivity index (χ1) is 8.18. The summed E-state index contributed by atoms with van der Waals surface area (Å²) in [5, 5.41) is 0. The lowest BCUT2D eigenvalue weighted by molar-refractivity contribution is 0.0830. The summed E-state index contributed by atoms with van der Waals surface area (Å²) in [6, 6.07) is 9.38. The fourth-order valence-corrected chi connectivity index (χ4v) is 2.49. The summed E-state index contributed by atoms with van der Waals surface area (Å²) in [5.41, 5.74) is 2.88. The molecule has 1 unspecified atom stereocenters. The molecule has 1 aromatic carbocycles. The molecule has 17 heavy (non-hydrogen) atoms. The van der Waals surface area contributed by atoms with Crippen LogP contribution in [0.1, 0.15) is 32.8 Å². The Morgan fingerprint density at radius 3 is 2.88 bits per heavy atom. The van der Waals surface area contributed by atoms with Crippen molar-refractivity contribution in [3.05, 3.63) is 29.8 Å². The molecular formula is C15H23NO. The first-order valence-corrected chi connectivity index (χ1v) is 6.64. The Balaban J connectivity index is 2.05. The highest BCUT2D eigenvalue weighted by Crippen LogP contribution is 2.29. The molecule has 2 heteroatoms. The Morgan fingerprint density at radius 1 is 1.35 bits per heavy atom. The minimum Gasteiger partial charge on any atom is -0.377 e. The molecule has 94 valence electrons. The predicted octanol–water partition coefficient (Wildman–Crippen LogP) is 3.25. The molecule has 1 aromatic rings. The van der Waals surface area contributed by atoms with Crippen molar-refractivity contribution in [2.45, 2.75) is 45.8 Å². The van der Waals surface area contributed by atoms with Gasteiger partial charge in [-0.15, -0.1) is 0 Å². The molecule has 1 aliphatic heterocycles. The van der Waals surface area contributed by atoms with Crippen LogP contribution < -0.4 is 4.90 Å². The SMILES string of the molecule is CC(C)OCCN1c2ccccc2CCC1C. The van der Waals surface area contributed by atoms with Gasteiger partial charge in [-0.25, -0.2) is 0 Å². The number of benzene rings is 1. The average Bonchev–Trinajstić information content (AvgIpc) is 2.32. The molecule has 1 aliphatic rings. The summed E-state index contributed by atoms with van der Waals surface area (Å²) >= 11 is 0. The zero-order valence-corrected chi connectivity index (χ0v) is 11.1. The minimum atomic E-state index is 0.324. The third kappa shape index (κ3) is 3.01. The molecule has 1 atom stereocenters. The zero-order valence-electron chi connectivity index (χ0n) is 11.1. The quantitative estimate of drug-likeness (QED) is 0.791. The summed E-state index contributed by atoms with van der Waals surface area (Å²) in [6.45, 7) is 8.30. The number of hydrogen-bond acceptors (Lipinski definition) is 2. The Labute approximate surface area is 105 Å². The van der Waals surface area contributed by atoms with Crippen molar-refractivity contribution in [1.29, 1.82) is 0 Å². The average molecular weight is 233 g/mol. The van der Waals surface area contributed by atoms with Crippen LogP contribution in [0.5, 0.6) is 0 Å². The summed E-state index contributed by atoms with van der Waals surface area (Å²) in [6.07, 6.45) is 2.78. The second kappa shape index (κ2) is 5.54. The van der Waals surface area contributed by atoms with Crippen LogP contribution in [0.3, 0.4) is 0 Å². The molecule has 2 rings (SSSR count). The van der Waals surface area contributed by atoms with Crippen molar-refractivity contribution in [1.82, 2.24) is 0 Å².